The first-order valence-electron chi connectivity index (χ1n) is 6.33. The third-order valence-electron chi connectivity index (χ3n) is 3.19. The monoisotopic (exact) mass is 265 g/mol. The number of nitrogens with zero attached hydrogens (tertiary/aromatic N) is 1. The fourth-order valence-electron chi connectivity index (χ4n) is 2.31. The van der Waals surface area contributed by atoms with Crippen molar-refractivity contribution in [2.24, 2.45) is 0 Å². The molecular weight excluding hydrogens is 248 g/mol. The van der Waals surface area contributed by atoms with Gasteiger partial charge in [0.05, 0.1) is 0 Å². The van der Waals surface area contributed by atoms with Crippen LogP contribution in [0, 0.1) is 11.6 Å². The highest BCUT2D eigenvalue weighted by molar-refractivity contribution is 5.76. The molecule has 2 aromatic rings. The first kappa shape index (κ1) is 13.5. The van der Waals surface area contributed by atoms with Crippen LogP contribution >= 0.6 is 0 Å². The van der Waals surface area contributed by atoms with Crippen LogP contribution in [-0.2, 0) is 0 Å². The van der Waals surface area contributed by atoms with Gasteiger partial charge in [-0.1, -0.05) is 20.3 Å². The van der Waals surface area contributed by atoms with E-state index in [0.29, 0.717) is 11.1 Å². The normalized spacial score (nSPS) is 12.6. The van der Waals surface area contributed by atoms with Crippen LogP contribution in [0.1, 0.15) is 38.3 Å². The Balaban J connectivity index is 2.52. The summed E-state index contributed by atoms with van der Waals surface area (Å²) in [6.07, 6.45) is 1.96. The Morgan fingerprint density at radius 3 is 2.47 bits per heavy atom. The second-order valence-electron chi connectivity index (χ2n) is 4.75. The Morgan fingerprint density at radius 2 is 1.89 bits per heavy atom. The van der Waals surface area contributed by atoms with Crippen molar-refractivity contribution < 1.29 is 8.78 Å². The van der Waals surface area contributed by atoms with Gasteiger partial charge in [0, 0.05) is 17.3 Å². The second kappa shape index (κ2) is 5.38. The van der Waals surface area contributed by atoms with Gasteiger partial charge in [0.15, 0.2) is 5.82 Å². The van der Waals surface area contributed by atoms with Crippen molar-refractivity contribution in [3.8, 4) is 11.1 Å². The largest absolute Gasteiger partial charge is 0.382 e. The molecule has 3 nitrogen and oxygen atoms in total. The van der Waals surface area contributed by atoms with Gasteiger partial charge in [-0.3, -0.25) is 5.10 Å². The molecule has 5 heteroatoms. The predicted molar refractivity (Wildman–Crippen MR) is 71.7 cm³/mol. The Morgan fingerprint density at radius 1 is 1.26 bits per heavy atom. The average Bonchev–Trinajstić information content (AvgIpc) is 2.70. The molecule has 0 amide bonds. The number of anilines is 1. The van der Waals surface area contributed by atoms with Crippen molar-refractivity contribution in [3.05, 3.63) is 35.5 Å². The molecule has 0 saturated carbocycles. The first-order valence-corrected chi connectivity index (χ1v) is 6.33. The van der Waals surface area contributed by atoms with Gasteiger partial charge >= 0.3 is 0 Å². The molecule has 3 N–H and O–H groups in total. The molecule has 0 spiro atoms. The number of aromatic amines is 1. The van der Waals surface area contributed by atoms with Crippen LogP contribution in [-0.4, -0.2) is 10.2 Å². The predicted octanol–water partition coefficient (Wildman–Crippen LogP) is 3.84. The molecule has 1 aromatic carbocycles. The smallest absolute Gasteiger partial charge is 0.153 e. The standard InChI is InChI=1S/C14H17F2N3/c1-3-4-8(2)13-12(14(17)19-18-13)9-5-10(15)7-11(16)6-9/h5-8H,3-4H2,1-2H3,(H3,17,18,19). The van der Waals surface area contributed by atoms with Crippen LogP contribution in [0.4, 0.5) is 14.6 Å². The van der Waals surface area contributed by atoms with E-state index in [4.69, 9.17) is 5.73 Å². The summed E-state index contributed by atoms with van der Waals surface area (Å²) in [7, 11) is 0. The van der Waals surface area contributed by atoms with E-state index in [2.05, 4.69) is 17.1 Å². The number of aromatic nitrogens is 2. The Hall–Kier alpha value is -1.91. The van der Waals surface area contributed by atoms with Crippen molar-refractivity contribution in [2.45, 2.75) is 32.6 Å². The van der Waals surface area contributed by atoms with Gasteiger partial charge in [0.2, 0.25) is 0 Å². The Bertz CT molecular complexity index is 558. The van der Waals surface area contributed by atoms with Crippen molar-refractivity contribution in [1.82, 2.24) is 10.2 Å². The molecule has 2 rings (SSSR count). The van der Waals surface area contributed by atoms with Crippen LogP contribution in [0.5, 0.6) is 0 Å². The minimum Gasteiger partial charge on any atom is -0.382 e. The number of rotatable bonds is 4. The number of nitrogens with one attached hydrogen (secondary N) is 1. The third kappa shape index (κ3) is 2.75. The molecule has 1 aromatic heterocycles. The lowest BCUT2D eigenvalue weighted by Crippen LogP contribution is -1.97. The molecule has 1 unspecified atom stereocenters. The Labute approximate surface area is 110 Å². The summed E-state index contributed by atoms with van der Waals surface area (Å²) in [5, 5.41) is 6.84. The van der Waals surface area contributed by atoms with E-state index in [1.807, 2.05) is 6.92 Å². The van der Waals surface area contributed by atoms with Crippen molar-refractivity contribution in [3.63, 3.8) is 0 Å². The van der Waals surface area contributed by atoms with Gasteiger partial charge < -0.3 is 5.73 Å². The summed E-state index contributed by atoms with van der Waals surface area (Å²) in [4.78, 5) is 0. The lowest BCUT2D eigenvalue weighted by atomic mass is 9.95. The highest BCUT2D eigenvalue weighted by Gasteiger charge is 2.18. The Kier molecular flexibility index (Phi) is 3.83. The first-order chi connectivity index (χ1) is 9.02. The minimum absolute atomic E-state index is 0.205. The van der Waals surface area contributed by atoms with Gasteiger partial charge in [-0.05, 0) is 30.0 Å². The van der Waals surface area contributed by atoms with Crippen LogP contribution in [0.15, 0.2) is 18.2 Å². The number of nitrogen functional groups attached to an aromatic ring is 1. The van der Waals surface area contributed by atoms with Crippen LogP contribution < -0.4 is 5.73 Å². The number of benzene rings is 1. The molecule has 1 atom stereocenters. The number of H-pyrrole nitrogens is 1. The number of hydrogen-bond donors (Lipinski definition) is 2. The van der Waals surface area contributed by atoms with E-state index in [1.165, 1.54) is 12.1 Å². The molecule has 19 heavy (non-hydrogen) atoms. The van der Waals surface area contributed by atoms with Crippen molar-refractivity contribution >= 4 is 5.82 Å². The van der Waals surface area contributed by atoms with Gasteiger partial charge in [-0.15, -0.1) is 0 Å². The zero-order valence-electron chi connectivity index (χ0n) is 11.0. The molecule has 102 valence electrons. The highest BCUT2D eigenvalue weighted by atomic mass is 19.1. The molecule has 0 fully saturated rings. The van der Waals surface area contributed by atoms with E-state index in [1.54, 1.807) is 0 Å². The summed E-state index contributed by atoms with van der Waals surface area (Å²) >= 11 is 0. The van der Waals surface area contributed by atoms with Gasteiger partial charge in [-0.25, -0.2) is 8.78 Å². The fourth-order valence-corrected chi connectivity index (χ4v) is 2.31. The summed E-state index contributed by atoms with van der Waals surface area (Å²) in [5.74, 6) is -0.770. The molecule has 0 aliphatic rings. The minimum atomic E-state index is -0.621. The molecule has 1 heterocycles. The molecule has 0 saturated heterocycles. The molecule has 0 radical (unpaired) electrons. The molecule has 0 aliphatic heterocycles. The van der Waals surface area contributed by atoms with Crippen LogP contribution in [0.3, 0.4) is 0 Å². The maximum Gasteiger partial charge on any atom is 0.153 e. The number of halogens is 2. The number of nitrogens with two attached hydrogens (primary N) is 1. The summed E-state index contributed by atoms with van der Waals surface area (Å²) in [5.41, 5.74) is 7.66. The van der Waals surface area contributed by atoms with E-state index < -0.39 is 11.6 Å². The fraction of sp³-hybridized carbons (Fsp3) is 0.357. The molecular formula is C14H17F2N3. The summed E-state index contributed by atoms with van der Waals surface area (Å²) in [6, 6.07) is 3.38. The molecule has 0 aliphatic carbocycles. The lowest BCUT2D eigenvalue weighted by Gasteiger charge is -2.11. The highest BCUT2D eigenvalue weighted by Crippen LogP contribution is 2.34. The lowest BCUT2D eigenvalue weighted by molar-refractivity contribution is 0.584. The van der Waals surface area contributed by atoms with E-state index in [-0.39, 0.29) is 11.7 Å². The summed E-state index contributed by atoms with van der Waals surface area (Å²) in [6.45, 7) is 4.12. The van der Waals surface area contributed by atoms with E-state index in [0.717, 1.165) is 24.6 Å². The van der Waals surface area contributed by atoms with E-state index >= 15 is 0 Å². The second-order valence-corrected chi connectivity index (χ2v) is 4.75. The average molecular weight is 265 g/mol. The maximum atomic E-state index is 13.3. The summed E-state index contributed by atoms with van der Waals surface area (Å²) < 4.78 is 26.6. The van der Waals surface area contributed by atoms with Crippen molar-refractivity contribution in [1.29, 1.82) is 0 Å². The topological polar surface area (TPSA) is 54.7 Å². The van der Waals surface area contributed by atoms with Crippen LogP contribution in [0.2, 0.25) is 0 Å². The zero-order valence-corrected chi connectivity index (χ0v) is 11.0. The quantitative estimate of drug-likeness (QED) is 0.882. The zero-order chi connectivity index (χ0) is 14.0. The maximum absolute atomic E-state index is 13.3. The van der Waals surface area contributed by atoms with E-state index in [9.17, 15) is 8.78 Å². The third-order valence-corrected chi connectivity index (χ3v) is 3.19. The van der Waals surface area contributed by atoms with Crippen molar-refractivity contribution in [2.75, 3.05) is 5.73 Å². The van der Waals surface area contributed by atoms with Crippen LogP contribution in [0.25, 0.3) is 11.1 Å². The van der Waals surface area contributed by atoms with Gasteiger partial charge in [-0.2, -0.15) is 5.10 Å². The molecule has 0 bridgehead atoms. The number of hydrogen-bond acceptors (Lipinski definition) is 2. The van der Waals surface area contributed by atoms with Gasteiger partial charge in [0.1, 0.15) is 11.6 Å². The van der Waals surface area contributed by atoms with Gasteiger partial charge in [0.25, 0.3) is 0 Å². The SMILES string of the molecule is CCCC(C)c1[nH]nc(N)c1-c1cc(F)cc(F)c1.